The summed E-state index contributed by atoms with van der Waals surface area (Å²) in [7, 11) is 0. The number of nitriles is 1. The molecule has 6 heteroatoms. The monoisotopic (exact) mass is 412 g/mol. The second-order valence-corrected chi connectivity index (χ2v) is 7.08. The molecule has 0 saturated heterocycles. The van der Waals surface area contributed by atoms with Gasteiger partial charge in [0.25, 0.3) is 0 Å². The summed E-state index contributed by atoms with van der Waals surface area (Å²) in [5.41, 5.74) is 2.36. The quantitative estimate of drug-likeness (QED) is 0.285. The SMILES string of the molecule is Cc1cc(C(=O)/C(C#N)=C/c2ccc(Cl)cc2Cl)c(C)n1-c1ccccc1F. The van der Waals surface area contributed by atoms with Crippen molar-refractivity contribution in [3.63, 3.8) is 0 Å². The zero-order valence-electron chi connectivity index (χ0n) is 15.1. The van der Waals surface area contributed by atoms with Crippen molar-refractivity contribution in [3.8, 4) is 11.8 Å². The first-order chi connectivity index (χ1) is 13.3. The largest absolute Gasteiger partial charge is 0.315 e. The molecule has 28 heavy (non-hydrogen) atoms. The van der Waals surface area contributed by atoms with E-state index in [0.29, 0.717) is 38.2 Å². The fraction of sp³-hybridized carbons (Fsp3) is 0.0909. The van der Waals surface area contributed by atoms with Crippen molar-refractivity contribution in [1.29, 1.82) is 5.26 Å². The van der Waals surface area contributed by atoms with E-state index in [9.17, 15) is 14.4 Å². The molecule has 1 heterocycles. The summed E-state index contributed by atoms with van der Waals surface area (Å²) in [4.78, 5) is 13.0. The van der Waals surface area contributed by atoms with E-state index in [-0.39, 0.29) is 5.57 Å². The van der Waals surface area contributed by atoms with Crippen LogP contribution in [-0.4, -0.2) is 10.4 Å². The standard InChI is InChI=1S/C22H15Cl2FN2O/c1-13-9-18(14(2)27(13)21-6-4-3-5-20(21)25)22(28)16(12-26)10-15-7-8-17(23)11-19(15)24/h3-11H,1-2H3/b16-10+. The summed E-state index contributed by atoms with van der Waals surface area (Å²) in [6.45, 7) is 3.50. The molecule has 0 N–H and O–H groups in total. The zero-order valence-corrected chi connectivity index (χ0v) is 16.6. The molecule has 3 aromatic rings. The van der Waals surface area contributed by atoms with Crippen LogP contribution in [0.4, 0.5) is 4.39 Å². The third-order valence-electron chi connectivity index (χ3n) is 4.40. The van der Waals surface area contributed by atoms with Crippen molar-refractivity contribution >= 4 is 35.1 Å². The second-order valence-electron chi connectivity index (χ2n) is 6.24. The molecule has 1 aromatic heterocycles. The van der Waals surface area contributed by atoms with E-state index in [1.807, 2.05) is 6.07 Å². The summed E-state index contributed by atoms with van der Waals surface area (Å²) in [6.07, 6.45) is 1.43. The summed E-state index contributed by atoms with van der Waals surface area (Å²) in [5.74, 6) is -0.850. The summed E-state index contributed by atoms with van der Waals surface area (Å²) in [5, 5.41) is 10.3. The first-order valence-corrected chi connectivity index (χ1v) is 9.14. The molecule has 0 unspecified atom stereocenters. The Bertz CT molecular complexity index is 1160. The number of ketones is 1. The summed E-state index contributed by atoms with van der Waals surface area (Å²) >= 11 is 12.0. The van der Waals surface area contributed by atoms with Gasteiger partial charge in [0.15, 0.2) is 0 Å². The molecule has 0 atom stereocenters. The van der Waals surface area contributed by atoms with Gasteiger partial charge in [0.05, 0.1) is 5.69 Å². The van der Waals surface area contributed by atoms with Crippen LogP contribution in [0.15, 0.2) is 54.1 Å². The van der Waals surface area contributed by atoms with Crippen LogP contribution in [0.3, 0.4) is 0 Å². The average Bonchev–Trinajstić information content (AvgIpc) is 2.95. The number of carbonyl (C=O) groups excluding carboxylic acids is 1. The average molecular weight is 413 g/mol. The van der Waals surface area contributed by atoms with Gasteiger partial charge >= 0.3 is 0 Å². The van der Waals surface area contributed by atoms with Gasteiger partial charge in [-0.2, -0.15) is 5.26 Å². The Morgan fingerprint density at radius 2 is 1.86 bits per heavy atom. The van der Waals surface area contributed by atoms with Gasteiger partial charge in [0, 0.05) is 27.0 Å². The van der Waals surface area contributed by atoms with Crippen molar-refractivity contribution in [2.45, 2.75) is 13.8 Å². The summed E-state index contributed by atoms with van der Waals surface area (Å²) < 4.78 is 15.9. The smallest absolute Gasteiger partial charge is 0.205 e. The number of allylic oxidation sites excluding steroid dienone is 1. The van der Waals surface area contributed by atoms with E-state index in [0.717, 1.165) is 0 Å². The maximum absolute atomic E-state index is 14.2. The Balaban J connectivity index is 2.07. The maximum atomic E-state index is 14.2. The zero-order chi connectivity index (χ0) is 20.4. The Morgan fingerprint density at radius 1 is 1.14 bits per heavy atom. The highest BCUT2D eigenvalue weighted by Crippen LogP contribution is 2.27. The van der Waals surface area contributed by atoms with Crippen LogP contribution in [0, 0.1) is 31.0 Å². The minimum absolute atomic E-state index is 0.0713. The Labute approximate surface area is 172 Å². The van der Waals surface area contributed by atoms with Gasteiger partial charge in [-0.25, -0.2) is 4.39 Å². The molecule has 0 spiro atoms. The maximum Gasteiger partial charge on any atom is 0.205 e. The molecule has 0 aliphatic carbocycles. The van der Waals surface area contributed by atoms with Crippen LogP contribution < -0.4 is 0 Å². The molecule has 140 valence electrons. The third-order valence-corrected chi connectivity index (χ3v) is 4.96. The van der Waals surface area contributed by atoms with E-state index in [2.05, 4.69) is 0 Å². The minimum Gasteiger partial charge on any atom is -0.315 e. The predicted octanol–water partition coefficient (Wildman–Crippen LogP) is 6.33. The van der Waals surface area contributed by atoms with Crippen LogP contribution in [-0.2, 0) is 0 Å². The van der Waals surface area contributed by atoms with E-state index in [4.69, 9.17) is 23.2 Å². The first-order valence-electron chi connectivity index (χ1n) is 8.39. The minimum atomic E-state index is -0.454. The van der Waals surface area contributed by atoms with E-state index < -0.39 is 11.6 Å². The molecule has 0 radical (unpaired) electrons. The molecular weight excluding hydrogens is 398 g/mol. The second kappa shape index (κ2) is 8.02. The molecule has 3 nitrogen and oxygen atoms in total. The molecule has 0 aliphatic heterocycles. The number of carbonyl (C=O) groups is 1. The van der Waals surface area contributed by atoms with E-state index >= 15 is 0 Å². The van der Waals surface area contributed by atoms with Crippen LogP contribution in [0.5, 0.6) is 0 Å². The number of rotatable bonds is 4. The van der Waals surface area contributed by atoms with Gasteiger partial charge < -0.3 is 4.57 Å². The number of nitrogens with zero attached hydrogens (tertiary/aromatic N) is 2. The number of hydrogen-bond donors (Lipinski definition) is 0. The lowest BCUT2D eigenvalue weighted by molar-refractivity contribution is 0.103. The number of Topliss-reactive ketones (excluding diaryl/α,β-unsaturated/α-hetero) is 1. The highest BCUT2D eigenvalue weighted by Gasteiger charge is 2.21. The lowest BCUT2D eigenvalue weighted by Gasteiger charge is -2.10. The number of halogens is 3. The number of aromatic nitrogens is 1. The summed E-state index contributed by atoms with van der Waals surface area (Å²) in [6, 6.07) is 14.7. The fourth-order valence-electron chi connectivity index (χ4n) is 3.06. The predicted molar refractivity (Wildman–Crippen MR) is 110 cm³/mol. The molecule has 0 bridgehead atoms. The molecule has 3 rings (SSSR count). The highest BCUT2D eigenvalue weighted by molar-refractivity contribution is 6.35. The van der Waals surface area contributed by atoms with Crippen molar-refractivity contribution in [2.75, 3.05) is 0 Å². The van der Waals surface area contributed by atoms with Crippen LogP contribution in [0.2, 0.25) is 10.0 Å². The van der Waals surface area contributed by atoms with Crippen molar-refractivity contribution in [2.24, 2.45) is 0 Å². The van der Waals surface area contributed by atoms with Gasteiger partial charge in [-0.15, -0.1) is 0 Å². The van der Waals surface area contributed by atoms with Gasteiger partial charge in [0.1, 0.15) is 17.5 Å². The first kappa shape index (κ1) is 19.9. The molecule has 0 fully saturated rings. The van der Waals surface area contributed by atoms with Gasteiger partial charge in [-0.3, -0.25) is 4.79 Å². The van der Waals surface area contributed by atoms with Crippen molar-refractivity contribution in [1.82, 2.24) is 4.57 Å². The van der Waals surface area contributed by atoms with Crippen LogP contribution >= 0.6 is 23.2 Å². The molecule has 2 aromatic carbocycles. The Kier molecular flexibility index (Phi) is 5.69. The van der Waals surface area contributed by atoms with Gasteiger partial charge in [-0.05, 0) is 55.8 Å². The number of aryl methyl sites for hydroxylation is 1. The van der Waals surface area contributed by atoms with E-state index in [1.54, 1.807) is 60.9 Å². The lowest BCUT2D eigenvalue weighted by atomic mass is 10.0. The van der Waals surface area contributed by atoms with Gasteiger partial charge in [-0.1, -0.05) is 41.4 Å². The number of hydrogen-bond acceptors (Lipinski definition) is 2. The van der Waals surface area contributed by atoms with Crippen LogP contribution in [0.25, 0.3) is 11.8 Å². The Hall–Kier alpha value is -2.87. The molecule has 0 saturated carbocycles. The van der Waals surface area contributed by atoms with Crippen molar-refractivity contribution < 1.29 is 9.18 Å². The third kappa shape index (κ3) is 3.73. The Morgan fingerprint density at radius 3 is 2.50 bits per heavy atom. The molecule has 0 amide bonds. The van der Waals surface area contributed by atoms with E-state index in [1.165, 1.54) is 12.1 Å². The molecule has 0 aliphatic rings. The lowest BCUT2D eigenvalue weighted by Crippen LogP contribution is -2.06. The molecular formula is C22H15Cl2FN2O. The topological polar surface area (TPSA) is 45.8 Å². The van der Waals surface area contributed by atoms with Crippen molar-refractivity contribution in [3.05, 3.63) is 92.5 Å². The number of benzene rings is 2. The highest BCUT2D eigenvalue weighted by atomic mass is 35.5. The van der Waals surface area contributed by atoms with Crippen LogP contribution in [0.1, 0.15) is 27.3 Å². The fourth-order valence-corrected chi connectivity index (χ4v) is 3.53. The number of para-hydroxylation sites is 1. The normalized spacial score (nSPS) is 11.4. The van der Waals surface area contributed by atoms with Gasteiger partial charge in [0.2, 0.25) is 5.78 Å².